The minimum Gasteiger partial charge on any atom is -0.489 e. The van der Waals surface area contributed by atoms with Crippen LogP contribution in [0.1, 0.15) is 42.4 Å². The molecule has 1 aliphatic heterocycles. The number of aromatic nitrogens is 1. The first-order valence-corrected chi connectivity index (χ1v) is 14.7. The fraction of sp³-hybridized carbons (Fsp3) is 0.419. The number of nitro benzene ring substituents is 1. The van der Waals surface area contributed by atoms with Gasteiger partial charge in [0.15, 0.2) is 0 Å². The Kier molecular flexibility index (Phi) is 9.58. The number of piperazine rings is 1. The third kappa shape index (κ3) is 8.17. The fourth-order valence-electron chi connectivity index (χ4n) is 5.72. The Bertz CT molecular complexity index is 1530. The molecule has 0 atom stereocenters. The minimum absolute atomic E-state index is 0.0171. The van der Waals surface area contributed by atoms with E-state index in [1.54, 1.807) is 17.3 Å². The minimum atomic E-state index is -4.85. The molecule has 2 fully saturated rings. The molecule has 1 aromatic heterocycles. The summed E-state index contributed by atoms with van der Waals surface area (Å²) in [5, 5.41) is 14.1. The van der Waals surface area contributed by atoms with Crippen molar-refractivity contribution in [3.63, 3.8) is 0 Å². The molecule has 2 aromatic carbocycles. The highest BCUT2D eigenvalue weighted by atomic mass is 19.4. The van der Waals surface area contributed by atoms with Crippen molar-refractivity contribution in [2.45, 2.75) is 56.6 Å². The maximum atomic E-state index is 13.3. The van der Waals surface area contributed by atoms with Crippen molar-refractivity contribution >= 4 is 23.0 Å². The average molecular weight is 652 g/mol. The molecule has 1 aliphatic carbocycles. The molecule has 2 aliphatic rings. The highest BCUT2D eigenvalue weighted by molar-refractivity contribution is 5.79. The molecule has 2 heterocycles. The molecule has 1 saturated carbocycles. The van der Waals surface area contributed by atoms with E-state index in [2.05, 4.69) is 15.2 Å². The van der Waals surface area contributed by atoms with E-state index < -0.39 is 34.1 Å². The summed E-state index contributed by atoms with van der Waals surface area (Å²) in [6, 6.07) is 9.26. The molecule has 1 saturated heterocycles. The lowest BCUT2D eigenvalue weighted by Gasteiger charge is -2.36. The van der Waals surface area contributed by atoms with Gasteiger partial charge in [0.05, 0.1) is 41.1 Å². The predicted molar refractivity (Wildman–Crippen MR) is 157 cm³/mol. The van der Waals surface area contributed by atoms with Crippen molar-refractivity contribution in [1.29, 1.82) is 0 Å². The van der Waals surface area contributed by atoms with Gasteiger partial charge in [0.1, 0.15) is 11.3 Å². The lowest BCUT2D eigenvalue weighted by Crippen LogP contribution is -2.49. The van der Waals surface area contributed by atoms with Gasteiger partial charge in [-0.15, -0.1) is 0 Å². The Balaban J connectivity index is 1.09. The molecule has 9 nitrogen and oxygen atoms in total. The van der Waals surface area contributed by atoms with E-state index in [-0.39, 0.29) is 30.2 Å². The number of hydrogen-bond acceptors (Lipinski definition) is 7. The van der Waals surface area contributed by atoms with Gasteiger partial charge in [-0.05, 0) is 55.5 Å². The van der Waals surface area contributed by atoms with E-state index in [1.165, 1.54) is 18.2 Å². The van der Waals surface area contributed by atoms with E-state index in [0.29, 0.717) is 63.2 Å². The quantitative estimate of drug-likeness (QED) is 0.164. The van der Waals surface area contributed by atoms with Gasteiger partial charge in [-0.2, -0.15) is 26.3 Å². The van der Waals surface area contributed by atoms with Crippen LogP contribution in [0.2, 0.25) is 0 Å². The van der Waals surface area contributed by atoms with Crippen LogP contribution in [0.4, 0.5) is 43.4 Å². The molecule has 0 unspecified atom stereocenters. The molecule has 3 aromatic rings. The van der Waals surface area contributed by atoms with Crippen molar-refractivity contribution in [1.82, 2.24) is 9.88 Å². The number of nitrogens with one attached hydrogen (secondary N) is 1. The van der Waals surface area contributed by atoms with E-state index in [0.717, 1.165) is 30.0 Å². The second kappa shape index (κ2) is 13.4. The average Bonchev–Trinajstić information content (AvgIpc) is 3.01. The largest absolute Gasteiger partial charge is 0.489 e. The molecular formula is C31H31F6N5O4. The molecule has 1 N–H and O–H groups in total. The number of nitrogens with zero attached hydrogens (tertiary/aromatic N) is 4. The number of carbonyl (C=O) groups excluding carboxylic acids is 1. The second-order valence-corrected chi connectivity index (χ2v) is 11.3. The zero-order valence-corrected chi connectivity index (χ0v) is 24.5. The number of hydrogen-bond donors (Lipinski definition) is 1. The van der Waals surface area contributed by atoms with Crippen LogP contribution in [0.25, 0.3) is 0 Å². The highest BCUT2D eigenvalue weighted by Crippen LogP contribution is 2.38. The highest BCUT2D eigenvalue weighted by Gasteiger charge is 2.38. The number of pyridine rings is 1. The summed E-state index contributed by atoms with van der Waals surface area (Å²) in [6.45, 7) is 1.97. The standard InChI is InChI=1S/C31H31F6N5O4/c32-30(33,34)21-3-1-20(2-4-21)15-29(43)41-13-11-40(12-14-41)24-17-26(19-38-18-24)46-25-8-5-22(6-9-25)39-23-7-10-28(42(44)45)27(16-23)31(35,36)37/h1-4,7,10,16-19,22,25,39H,5-6,8-9,11-15H2/t22-,25-. The monoisotopic (exact) mass is 651 g/mol. The Hall–Kier alpha value is -4.56. The summed E-state index contributed by atoms with van der Waals surface area (Å²) < 4.78 is 84.6. The topological polar surface area (TPSA) is 101 Å². The van der Waals surface area contributed by atoms with E-state index in [9.17, 15) is 41.3 Å². The molecule has 1 amide bonds. The lowest BCUT2D eigenvalue weighted by molar-refractivity contribution is -0.388. The molecule has 0 bridgehead atoms. The number of benzene rings is 2. The number of ether oxygens (including phenoxy) is 1. The van der Waals surface area contributed by atoms with Crippen molar-refractivity contribution < 1.29 is 40.8 Å². The van der Waals surface area contributed by atoms with Gasteiger partial charge in [-0.3, -0.25) is 19.9 Å². The van der Waals surface area contributed by atoms with Crippen LogP contribution < -0.4 is 15.0 Å². The van der Waals surface area contributed by atoms with Gasteiger partial charge in [0.25, 0.3) is 5.69 Å². The first kappa shape index (κ1) is 32.8. The van der Waals surface area contributed by atoms with Crippen molar-refractivity contribution in [2.75, 3.05) is 36.4 Å². The third-order valence-electron chi connectivity index (χ3n) is 8.18. The van der Waals surface area contributed by atoms with Gasteiger partial charge in [0.2, 0.25) is 5.91 Å². The Morgan fingerprint density at radius 2 is 1.59 bits per heavy atom. The molecule has 0 spiro atoms. The van der Waals surface area contributed by atoms with E-state index in [4.69, 9.17) is 4.74 Å². The summed E-state index contributed by atoms with van der Waals surface area (Å²) in [6.07, 6.45) is -3.56. The number of carbonyl (C=O) groups is 1. The van der Waals surface area contributed by atoms with Crippen molar-refractivity contribution in [3.05, 3.63) is 87.7 Å². The maximum Gasteiger partial charge on any atom is 0.423 e. The zero-order chi connectivity index (χ0) is 33.1. The number of rotatable bonds is 8. The van der Waals surface area contributed by atoms with Crippen LogP contribution in [0, 0.1) is 10.1 Å². The van der Waals surface area contributed by atoms with Gasteiger partial charge in [0, 0.05) is 50.0 Å². The molecule has 0 radical (unpaired) electrons. The lowest BCUT2D eigenvalue weighted by atomic mass is 9.92. The first-order valence-electron chi connectivity index (χ1n) is 14.7. The van der Waals surface area contributed by atoms with Crippen molar-refractivity contribution in [3.8, 4) is 5.75 Å². The van der Waals surface area contributed by atoms with Crippen LogP contribution >= 0.6 is 0 Å². The smallest absolute Gasteiger partial charge is 0.423 e. The Morgan fingerprint density at radius 1 is 0.913 bits per heavy atom. The number of alkyl halides is 6. The number of halogens is 6. The number of anilines is 2. The number of amides is 1. The van der Waals surface area contributed by atoms with Gasteiger partial charge < -0.3 is 19.9 Å². The maximum absolute atomic E-state index is 13.3. The van der Waals surface area contributed by atoms with Gasteiger partial charge in [-0.25, -0.2) is 0 Å². The van der Waals surface area contributed by atoms with Crippen LogP contribution in [0.3, 0.4) is 0 Å². The summed E-state index contributed by atoms with van der Waals surface area (Å²) >= 11 is 0. The van der Waals surface area contributed by atoms with Crippen LogP contribution in [0.5, 0.6) is 5.75 Å². The Labute approximate surface area is 260 Å². The van der Waals surface area contributed by atoms with E-state index >= 15 is 0 Å². The second-order valence-electron chi connectivity index (χ2n) is 11.3. The summed E-state index contributed by atoms with van der Waals surface area (Å²) in [7, 11) is 0. The van der Waals surface area contributed by atoms with Crippen LogP contribution in [0.15, 0.2) is 60.9 Å². The van der Waals surface area contributed by atoms with Crippen molar-refractivity contribution in [2.24, 2.45) is 0 Å². The number of nitro groups is 1. The van der Waals surface area contributed by atoms with Crippen LogP contribution in [-0.4, -0.2) is 59.0 Å². The SMILES string of the molecule is O=C(Cc1ccc(C(F)(F)F)cc1)N1CCN(c2cncc(O[C@H]3CC[C@H](Nc4ccc([N+](=O)[O-])c(C(F)(F)F)c4)CC3)c2)CC1. The first-order chi connectivity index (χ1) is 21.8. The predicted octanol–water partition coefficient (Wildman–Crippen LogP) is 6.72. The zero-order valence-electron chi connectivity index (χ0n) is 24.5. The molecule has 15 heteroatoms. The molecular weight excluding hydrogens is 620 g/mol. The Morgan fingerprint density at radius 3 is 2.20 bits per heavy atom. The van der Waals surface area contributed by atoms with Gasteiger partial charge in [-0.1, -0.05) is 12.1 Å². The normalized spacial score (nSPS) is 19.1. The summed E-state index contributed by atoms with van der Waals surface area (Å²) in [5.41, 5.74) is -1.54. The molecule has 246 valence electrons. The van der Waals surface area contributed by atoms with Crippen LogP contribution in [-0.2, 0) is 23.6 Å². The van der Waals surface area contributed by atoms with Gasteiger partial charge >= 0.3 is 12.4 Å². The fourth-order valence-corrected chi connectivity index (χ4v) is 5.72. The molecule has 46 heavy (non-hydrogen) atoms. The molecule has 5 rings (SSSR count). The summed E-state index contributed by atoms with van der Waals surface area (Å²) in [4.78, 5) is 30.8. The van der Waals surface area contributed by atoms with E-state index in [1.807, 2.05) is 6.07 Å². The third-order valence-corrected chi connectivity index (χ3v) is 8.18. The summed E-state index contributed by atoms with van der Waals surface area (Å²) in [5.74, 6) is 0.411.